The van der Waals surface area contributed by atoms with Gasteiger partial charge in [-0.3, -0.25) is 4.79 Å². The maximum Gasteiger partial charge on any atom is 0.244 e. The lowest BCUT2D eigenvalue weighted by atomic mass is 10.1. The Kier molecular flexibility index (Phi) is 5.78. The van der Waals surface area contributed by atoms with E-state index in [2.05, 4.69) is 10.5 Å². The van der Waals surface area contributed by atoms with Gasteiger partial charge in [-0.1, -0.05) is 6.07 Å². The summed E-state index contributed by atoms with van der Waals surface area (Å²) in [6.45, 7) is 1.78. The molecule has 0 aliphatic rings. The van der Waals surface area contributed by atoms with Crippen molar-refractivity contribution in [1.29, 1.82) is 0 Å². The lowest BCUT2D eigenvalue weighted by molar-refractivity contribution is -0.120. The lowest BCUT2D eigenvalue weighted by Gasteiger charge is -2.09. The van der Waals surface area contributed by atoms with Gasteiger partial charge in [0.2, 0.25) is 5.91 Å². The van der Waals surface area contributed by atoms with Gasteiger partial charge < -0.3 is 14.6 Å². The van der Waals surface area contributed by atoms with Crippen LogP contribution in [0.25, 0.3) is 0 Å². The van der Waals surface area contributed by atoms with Crippen LogP contribution in [0.2, 0.25) is 0 Å². The first-order chi connectivity index (χ1) is 11.5. The molecule has 0 saturated heterocycles. The van der Waals surface area contributed by atoms with Crippen LogP contribution < -0.4 is 14.9 Å². The first-order valence-electron chi connectivity index (χ1n) is 7.37. The predicted octanol–water partition coefficient (Wildman–Crippen LogP) is 2.49. The average Bonchev–Trinajstić information content (AvgIpc) is 2.60. The fourth-order valence-corrected chi connectivity index (χ4v) is 2.13. The Labute approximate surface area is 140 Å². The molecule has 2 N–H and O–H groups in total. The van der Waals surface area contributed by atoms with Gasteiger partial charge >= 0.3 is 0 Å². The average molecular weight is 328 g/mol. The zero-order valence-corrected chi connectivity index (χ0v) is 13.9. The van der Waals surface area contributed by atoms with E-state index in [9.17, 15) is 9.90 Å². The van der Waals surface area contributed by atoms with E-state index in [1.165, 1.54) is 0 Å². The number of rotatable bonds is 6. The van der Waals surface area contributed by atoms with Crippen LogP contribution >= 0.6 is 0 Å². The molecule has 6 heteroatoms. The van der Waals surface area contributed by atoms with E-state index in [1.54, 1.807) is 63.6 Å². The van der Waals surface area contributed by atoms with Crippen LogP contribution in [-0.2, 0) is 11.2 Å². The van der Waals surface area contributed by atoms with Crippen molar-refractivity contribution in [1.82, 2.24) is 5.43 Å². The van der Waals surface area contributed by atoms with E-state index >= 15 is 0 Å². The number of nitrogens with one attached hydrogen (secondary N) is 1. The molecule has 2 aromatic carbocycles. The van der Waals surface area contributed by atoms with Crippen LogP contribution in [0, 0.1) is 0 Å². The van der Waals surface area contributed by atoms with Crippen molar-refractivity contribution in [2.75, 3.05) is 14.2 Å². The predicted molar refractivity (Wildman–Crippen MR) is 91.7 cm³/mol. The number of methoxy groups -OCH3 is 2. The summed E-state index contributed by atoms with van der Waals surface area (Å²) in [6, 6.07) is 11.9. The topological polar surface area (TPSA) is 80.2 Å². The number of nitrogens with zero attached hydrogens (tertiary/aromatic N) is 1. The van der Waals surface area contributed by atoms with Crippen molar-refractivity contribution in [2.24, 2.45) is 5.10 Å². The second-order valence-corrected chi connectivity index (χ2v) is 5.15. The summed E-state index contributed by atoms with van der Waals surface area (Å²) >= 11 is 0. The number of hydrogen-bond acceptors (Lipinski definition) is 5. The van der Waals surface area contributed by atoms with E-state index in [0.29, 0.717) is 17.2 Å². The number of phenolic OH excluding ortho intramolecular Hbond substituents is 1. The van der Waals surface area contributed by atoms with Gasteiger partial charge in [-0.2, -0.15) is 5.10 Å². The molecule has 1 amide bonds. The van der Waals surface area contributed by atoms with Gasteiger partial charge in [-0.05, 0) is 54.4 Å². The fraction of sp³-hybridized carbons (Fsp3) is 0.222. The number of ether oxygens (including phenoxy) is 2. The van der Waals surface area contributed by atoms with Crippen LogP contribution in [-0.4, -0.2) is 30.9 Å². The Morgan fingerprint density at radius 1 is 1.08 bits per heavy atom. The third kappa shape index (κ3) is 4.49. The second-order valence-electron chi connectivity index (χ2n) is 5.15. The number of hydrogen-bond donors (Lipinski definition) is 2. The molecule has 0 radical (unpaired) electrons. The van der Waals surface area contributed by atoms with Crippen molar-refractivity contribution in [3.05, 3.63) is 53.6 Å². The smallest absolute Gasteiger partial charge is 0.244 e. The maximum atomic E-state index is 12.0. The number of carbonyl (C=O) groups excluding carboxylic acids is 1. The molecule has 0 spiro atoms. The Morgan fingerprint density at radius 2 is 1.75 bits per heavy atom. The molecule has 2 aromatic rings. The minimum absolute atomic E-state index is 0.173. The molecule has 0 fully saturated rings. The summed E-state index contributed by atoms with van der Waals surface area (Å²) in [7, 11) is 3.11. The van der Waals surface area contributed by atoms with E-state index in [4.69, 9.17) is 9.47 Å². The Morgan fingerprint density at radius 3 is 2.38 bits per heavy atom. The number of carbonyl (C=O) groups is 1. The van der Waals surface area contributed by atoms with Gasteiger partial charge in [-0.15, -0.1) is 0 Å². The summed E-state index contributed by atoms with van der Waals surface area (Å²) in [4.78, 5) is 12.0. The third-order valence-electron chi connectivity index (χ3n) is 3.45. The molecule has 0 unspecified atom stereocenters. The monoisotopic (exact) mass is 328 g/mol. The highest BCUT2D eigenvalue weighted by Gasteiger charge is 2.08. The first kappa shape index (κ1) is 17.3. The highest BCUT2D eigenvalue weighted by atomic mass is 16.5. The zero-order valence-electron chi connectivity index (χ0n) is 13.9. The number of benzene rings is 2. The minimum Gasteiger partial charge on any atom is -0.508 e. The second kappa shape index (κ2) is 8.01. The van der Waals surface area contributed by atoms with Gasteiger partial charge in [-0.25, -0.2) is 5.43 Å². The first-order valence-corrected chi connectivity index (χ1v) is 7.37. The van der Waals surface area contributed by atoms with Crippen molar-refractivity contribution in [3.63, 3.8) is 0 Å². The van der Waals surface area contributed by atoms with Crippen molar-refractivity contribution < 1.29 is 19.4 Å². The minimum atomic E-state index is -0.236. The number of amides is 1. The Balaban J connectivity index is 2.00. The Hall–Kier alpha value is -3.02. The highest BCUT2D eigenvalue weighted by molar-refractivity contribution is 5.99. The molecule has 6 nitrogen and oxygen atoms in total. The molecule has 2 rings (SSSR count). The third-order valence-corrected chi connectivity index (χ3v) is 3.45. The van der Waals surface area contributed by atoms with E-state index < -0.39 is 0 Å². The maximum absolute atomic E-state index is 12.0. The molecule has 0 aromatic heterocycles. The van der Waals surface area contributed by atoms with Crippen molar-refractivity contribution >= 4 is 11.6 Å². The molecule has 0 saturated carbocycles. The summed E-state index contributed by atoms with van der Waals surface area (Å²) < 4.78 is 10.4. The molecular weight excluding hydrogens is 308 g/mol. The summed E-state index contributed by atoms with van der Waals surface area (Å²) in [5, 5.41) is 13.3. The largest absolute Gasteiger partial charge is 0.508 e. The molecular formula is C18H20N2O4. The van der Waals surface area contributed by atoms with Gasteiger partial charge in [0.1, 0.15) is 5.75 Å². The fourth-order valence-electron chi connectivity index (χ4n) is 2.13. The molecule has 24 heavy (non-hydrogen) atoms. The molecule has 0 aliphatic heterocycles. The van der Waals surface area contributed by atoms with Crippen LogP contribution in [0.5, 0.6) is 17.2 Å². The molecule has 126 valence electrons. The molecule has 0 atom stereocenters. The van der Waals surface area contributed by atoms with Crippen molar-refractivity contribution in [3.8, 4) is 17.2 Å². The van der Waals surface area contributed by atoms with E-state index in [1.807, 2.05) is 0 Å². The molecule has 0 heterocycles. The van der Waals surface area contributed by atoms with Crippen LogP contribution in [0.1, 0.15) is 18.1 Å². The van der Waals surface area contributed by atoms with Crippen molar-refractivity contribution in [2.45, 2.75) is 13.3 Å². The number of aromatic hydroxyl groups is 1. The van der Waals surface area contributed by atoms with Gasteiger partial charge in [0, 0.05) is 0 Å². The van der Waals surface area contributed by atoms with Crippen LogP contribution in [0.15, 0.2) is 47.6 Å². The quantitative estimate of drug-likeness (QED) is 0.631. The normalized spacial score (nSPS) is 11.0. The van der Waals surface area contributed by atoms with Gasteiger partial charge in [0.15, 0.2) is 11.5 Å². The zero-order chi connectivity index (χ0) is 17.5. The van der Waals surface area contributed by atoms with Gasteiger partial charge in [0.25, 0.3) is 0 Å². The van der Waals surface area contributed by atoms with Crippen LogP contribution in [0.3, 0.4) is 0 Å². The van der Waals surface area contributed by atoms with E-state index in [-0.39, 0.29) is 18.1 Å². The molecule has 0 aliphatic carbocycles. The highest BCUT2D eigenvalue weighted by Crippen LogP contribution is 2.27. The summed E-state index contributed by atoms with van der Waals surface area (Å²) in [5.41, 5.74) is 4.79. The SMILES string of the molecule is COc1ccc(CC(=O)N/N=C(/C)c2ccc(O)cc2)cc1OC. The number of hydrazone groups is 1. The summed E-state index contributed by atoms with van der Waals surface area (Å²) in [6.07, 6.45) is 0.173. The number of phenols is 1. The van der Waals surface area contributed by atoms with Gasteiger partial charge in [0.05, 0.1) is 26.4 Å². The lowest BCUT2D eigenvalue weighted by Crippen LogP contribution is -2.21. The van der Waals surface area contributed by atoms with E-state index in [0.717, 1.165) is 11.1 Å². The molecule has 0 bridgehead atoms. The Bertz CT molecular complexity index is 739. The van der Waals surface area contributed by atoms with Crippen LogP contribution in [0.4, 0.5) is 0 Å². The summed E-state index contributed by atoms with van der Waals surface area (Å²) in [5.74, 6) is 1.14. The standard InChI is InChI=1S/C18H20N2O4/c1-12(14-5-7-15(21)8-6-14)19-20-18(22)11-13-4-9-16(23-2)17(10-13)24-3/h4-10,21H,11H2,1-3H3,(H,20,22)/b19-12-.